The quantitative estimate of drug-likeness (QED) is 0.763. The van der Waals surface area contributed by atoms with Crippen molar-refractivity contribution in [1.82, 2.24) is 9.97 Å². The number of nitrogens with one attached hydrogen (secondary N) is 1. The Morgan fingerprint density at radius 2 is 2.33 bits per heavy atom. The van der Waals surface area contributed by atoms with Gasteiger partial charge in [0.2, 0.25) is 5.91 Å². The number of amides is 1. The fraction of sp³-hybridized carbons (Fsp3) is 0.273. The highest BCUT2D eigenvalue weighted by atomic mass is 16.1. The molecule has 1 aliphatic carbocycles. The van der Waals surface area contributed by atoms with E-state index in [0.29, 0.717) is 0 Å². The van der Waals surface area contributed by atoms with Gasteiger partial charge in [0, 0.05) is 11.6 Å². The second-order valence-corrected chi connectivity index (χ2v) is 4.08. The van der Waals surface area contributed by atoms with Crippen LogP contribution in [0.5, 0.6) is 0 Å². The number of aromatic nitrogens is 2. The van der Waals surface area contributed by atoms with Gasteiger partial charge in [0.25, 0.3) is 0 Å². The molecule has 2 aromatic heterocycles. The van der Waals surface area contributed by atoms with Gasteiger partial charge in [-0.2, -0.15) is 0 Å². The molecule has 15 heavy (non-hydrogen) atoms. The van der Waals surface area contributed by atoms with E-state index in [0.717, 1.165) is 29.4 Å². The molecular formula is C11H11N3O. The summed E-state index contributed by atoms with van der Waals surface area (Å²) in [6.07, 6.45) is 5.27. The van der Waals surface area contributed by atoms with Crippen LogP contribution >= 0.6 is 0 Å². The van der Waals surface area contributed by atoms with Crippen molar-refractivity contribution in [1.29, 1.82) is 0 Å². The van der Waals surface area contributed by atoms with Crippen molar-refractivity contribution in [3.63, 3.8) is 0 Å². The Kier molecular flexibility index (Phi) is 1.46. The summed E-state index contributed by atoms with van der Waals surface area (Å²) in [4.78, 5) is 18.7. The fourth-order valence-corrected chi connectivity index (χ4v) is 1.97. The largest absolute Gasteiger partial charge is 0.369 e. The van der Waals surface area contributed by atoms with E-state index in [-0.39, 0.29) is 5.91 Å². The number of nitrogens with two attached hydrogens (primary N) is 1. The van der Waals surface area contributed by atoms with E-state index in [9.17, 15) is 4.79 Å². The van der Waals surface area contributed by atoms with Crippen LogP contribution in [0.3, 0.4) is 0 Å². The Hall–Kier alpha value is -1.84. The van der Waals surface area contributed by atoms with E-state index >= 15 is 0 Å². The van der Waals surface area contributed by atoms with Gasteiger partial charge in [0.15, 0.2) is 0 Å². The number of pyridine rings is 1. The van der Waals surface area contributed by atoms with Gasteiger partial charge in [-0.1, -0.05) is 0 Å². The molecule has 0 spiro atoms. The topological polar surface area (TPSA) is 71.8 Å². The number of hydrogen-bond acceptors (Lipinski definition) is 2. The predicted octanol–water partition coefficient (Wildman–Crippen LogP) is 1.08. The van der Waals surface area contributed by atoms with Gasteiger partial charge in [0.05, 0.1) is 22.8 Å². The van der Waals surface area contributed by atoms with Crippen molar-refractivity contribution >= 4 is 16.8 Å². The zero-order valence-electron chi connectivity index (χ0n) is 8.16. The van der Waals surface area contributed by atoms with Gasteiger partial charge >= 0.3 is 0 Å². The average molecular weight is 201 g/mol. The molecule has 4 nitrogen and oxygen atoms in total. The molecule has 4 heteroatoms. The van der Waals surface area contributed by atoms with Crippen LogP contribution < -0.4 is 5.73 Å². The van der Waals surface area contributed by atoms with Gasteiger partial charge in [-0.3, -0.25) is 9.78 Å². The minimum absolute atomic E-state index is 0.259. The monoisotopic (exact) mass is 201 g/mol. The molecule has 0 aromatic carbocycles. The Bertz CT molecular complexity index is 540. The van der Waals surface area contributed by atoms with E-state index in [1.807, 2.05) is 18.3 Å². The average Bonchev–Trinajstić information content (AvgIpc) is 2.91. The maximum atomic E-state index is 11.3. The lowest BCUT2D eigenvalue weighted by Crippen LogP contribution is -2.29. The Morgan fingerprint density at radius 3 is 3.00 bits per heavy atom. The maximum Gasteiger partial charge on any atom is 0.229 e. The summed E-state index contributed by atoms with van der Waals surface area (Å²) in [7, 11) is 0. The van der Waals surface area contributed by atoms with E-state index in [4.69, 9.17) is 5.73 Å². The lowest BCUT2D eigenvalue weighted by molar-refractivity contribution is -0.120. The molecule has 0 unspecified atom stereocenters. The van der Waals surface area contributed by atoms with E-state index in [1.54, 1.807) is 6.20 Å². The third-order valence-corrected chi connectivity index (χ3v) is 3.15. The molecule has 0 radical (unpaired) electrons. The highest BCUT2D eigenvalue weighted by Crippen LogP contribution is 2.47. The summed E-state index contributed by atoms with van der Waals surface area (Å²) in [5, 5.41) is 1.08. The smallest absolute Gasteiger partial charge is 0.229 e. The highest BCUT2D eigenvalue weighted by molar-refractivity contribution is 5.90. The van der Waals surface area contributed by atoms with Crippen LogP contribution in [-0.2, 0) is 10.2 Å². The third kappa shape index (κ3) is 1.08. The first-order valence-electron chi connectivity index (χ1n) is 4.96. The number of aromatic amines is 1. The first-order valence-corrected chi connectivity index (χ1v) is 4.96. The zero-order chi connectivity index (χ0) is 10.5. The minimum Gasteiger partial charge on any atom is -0.369 e. The summed E-state index contributed by atoms with van der Waals surface area (Å²) >= 11 is 0. The normalized spacial score (nSPS) is 17.9. The number of primary amides is 1. The molecule has 1 amide bonds. The van der Waals surface area contributed by atoms with Gasteiger partial charge in [-0.05, 0) is 25.0 Å². The zero-order valence-corrected chi connectivity index (χ0v) is 8.16. The van der Waals surface area contributed by atoms with Crippen molar-refractivity contribution in [2.24, 2.45) is 5.73 Å². The number of hydrogen-bond donors (Lipinski definition) is 2. The molecule has 0 bridgehead atoms. The summed E-state index contributed by atoms with van der Waals surface area (Å²) < 4.78 is 0. The molecule has 76 valence electrons. The third-order valence-electron chi connectivity index (χ3n) is 3.15. The van der Waals surface area contributed by atoms with Crippen molar-refractivity contribution in [3.8, 4) is 0 Å². The van der Waals surface area contributed by atoms with Crippen LogP contribution in [-0.4, -0.2) is 15.9 Å². The number of carbonyl (C=O) groups excluding carboxylic acids is 1. The number of rotatable bonds is 2. The standard InChI is InChI=1S/C11H11N3O/c12-10(15)11(2-3-11)9-5-7-1-4-13-8(7)6-14-9/h1,4-6,13H,2-3H2,(H2,12,15). The number of carbonyl (C=O) groups is 1. The molecule has 0 saturated heterocycles. The molecule has 1 saturated carbocycles. The predicted molar refractivity (Wildman–Crippen MR) is 56.2 cm³/mol. The lowest BCUT2D eigenvalue weighted by Gasteiger charge is -2.09. The SMILES string of the molecule is NC(=O)C1(c2cc3cc[nH]c3cn2)CC1. The van der Waals surface area contributed by atoms with Gasteiger partial charge in [-0.15, -0.1) is 0 Å². The van der Waals surface area contributed by atoms with Gasteiger partial charge < -0.3 is 10.7 Å². The Labute approximate surface area is 86.5 Å². The molecular weight excluding hydrogens is 190 g/mol. The molecule has 1 aliphatic rings. The Morgan fingerprint density at radius 1 is 1.53 bits per heavy atom. The van der Waals surface area contributed by atoms with Crippen LogP contribution in [0.2, 0.25) is 0 Å². The molecule has 2 aromatic rings. The number of fused-ring (bicyclic) bond motifs is 1. The molecule has 3 rings (SSSR count). The van der Waals surface area contributed by atoms with E-state index in [2.05, 4.69) is 9.97 Å². The van der Waals surface area contributed by atoms with Crippen LogP contribution in [0.1, 0.15) is 18.5 Å². The van der Waals surface area contributed by atoms with Crippen molar-refractivity contribution < 1.29 is 4.79 Å². The second kappa shape index (κ2) is 2.59. The van der Waals surface area contributed by atoms with Crippen LogP contribution in [0.15, 0.2) is 24.5 Å². The van der Waals surface area contributed by atoms with Crippen LogP contribution in [0, 0.1) is 0 Å². The lowest BCUT2D eigenvalue weighted by atomic mass is 10.0. The summed E-state index contributed by atoms with van der Waals surface area (Å²) in [5.74, 6) is -0.259. The van der Waals surface area contributed by atoms with Crippen LogP contribution in [0.25, 0.3) is 10.9 Å². The van der Waals surface area contributed by atoms with E-state index in [1.165, 1.54) is 0 Å². The molecule has 1 fully saturated rings. The summed E-state index contributed by atoms with van der Waals surface area (Å²) in [5.41, 5.74) is 6.71. The first kappa shape index (κ1) is 8.47. The maximum absolute atomic E-state index is 11.3. The second-order valence-electron chi connectivity index (χ2n) is 4.08. The number of nitrogens with zero attached hydrogens (tertiary/aromatic N) is 1. The van der Waals surface area contributed by atoms with E-state index < -0.39 is 5.41 Å². The fourth-order valence-electron chi connectivity index (χ4n) is 1.97. The van der Waals surface area contributed by atoms with Crippen molar-refractivity contribution in [3.05, 3.63) is 30.2 Å². The van der Waals surface area contributed by atoms with Crippen molar-refractivity contribution in [2.45, 2.75) is 18.3 Å². The molecule has 3 N–H and O–H groups in total. The Balaban J connectivity index is 2.15. The molecule has 0 aliphatic heterocycles. The highest BCUT2D eigenvalue weighted by Gasteiger charge is 2.51. The number of H-pyrrole nitrogens is 1. The molecule has 2 heterocycles. The molecule has 0 atom stereocenters. The van der Waals surface area contributed by atoms with Gasteiger partial charge in [0.1, 0.15) is 0 Å². The van der Waals surface area contributed by atoms with Gasteiger partial charge in [-0.25, -0.2) is 0 Å². The summed E-state index contributed by atoms with van der Waals surface area (Å²) in [6, 6.07) is 3.92. The summed E-state index contributed by atoms with van der Waals surface area (Å²) in [6.45, 7) is 0. The minimum atomic E-state index is -0.481. The van der Waals surface area contributed by atoms with Crippen LogP contribution in [0.4, 0.5) is 0 Å². The van der Waals surface area contributed by atoms with Crippen molar-refractivity contribution in [2.75, 3.05) is 0 Å². The first-order chi connectivity index (χ1) is 7.22.